The van der Waals surface area contributed by atoms with E-state index in [0.717, 1.165) is 15.4 Å². The van der Waals surface area contributed by atoms with Gasteiger partial charge in [0.2, 0.25) is 5.91 Å². The number of carbonyl (C=O) groups is 1. The Kier molecular flexibility index (Phi) is 7.20. The van der Waals surface area contributed by atoms with E-state index >= 15 is 0 Å². The van der Waals surface area contributed by atoms with Crippen LogP contribution in [0.1, 0.15) is 29.7 Å². The van der Waals surface area contributed by atoms with Crippen LogP contribution in [0.15, 0.2) is 77.7 Å². The van der Waals surface area contributed by atoms with Gasteiger partial charge < -0.3 is 10.1 Å². The SMILES string of the molecule is COc1ccccc1N(CC(=O)NC(C)c1ccc(C)c(C)c1)S(=O)(=O)c1ccccc1. The summed E-state index contributed by atoms with van der Waals surface area (Å²) >= 11 is 0. The highest BCUT2D eigenvalue weighted by molar-refractivity contribution is 7.92. The number of aryl methyl sites for hydroxylation is 2. The van der Waals surface area contributed by atoms with E-state index in [1.807, 2.05) is 39.0 Å². The van der Waals surface area contributed by atoms with Gasteiger partial charge in [-0.15, -0.1) is 0 Å². The Labute approximate surface area is 189 Å². The highest BCUT2D eigenvalue weighted by atomic mass is 32.2. The molecule has 168 valence electrons. The second-order valence-corrected chi connectivity index (χ2v) is 9.49. The number of nitrogens with zero attached hydrogens (tertiary/aromatic N) is 1. The maximum Gasteiger partial charge on any atom is 0.264 e. The summed E-state index contributed by atoms with van der Waals surface area (Å²) in [7, 11) is -2.54. The summed E-state index contributed by atoms with van der Waals surface area (Å²) < 4.78 is 33.4. The molecule has 3 rings (SSSR count). The molecular formula is C25H28N2O4S. The second kappa shape index (κ2) is 9.87. The lowest BCUT2D eigenvalue weighted by molar-refractivity contribution is -0.120. The third kappa shape index (κ3) is 5.11. The number of para-hydroxylation sites is 2. The zero-order chi connectivity index (χ0) is 23.3. The molecule has 3 aromatic rings. The minimum absolute atomic E-state index is 0.0981. The van der Waals surface area contributed by atoms with E-state index in [1.165, 1.54) is 24.8 Å². The summed E-state index contributed by atoms with van der Waals surface area (Å²) in [4.78, 5) is 13.1. The van der Waals surface area contributed by atoms with Crippen LogP contribution in [0.3, 0.4) is 0 Å². The lowest BCUT2D eigenvalue weighted by atomic mass is 10.0. The molecule has 7 heteroatoms. The molecule has 3 aromatic carbocycles. The van der Waals surface area contributed by atoms with Gasteiger partial charge in [-0.3, -0.25) is 9.10 Å². The van der Waals surface area contributed by atoms with Crippen LogP contribution in [0, 0.1) is 13.8 Å². The first kappa shape index (κ1) is 23.3. The van der Waals surface area contributed by atoms with Crippen LogP contribution >= 0.6 is 0 Å². The Balaban J connectivity index is 1.92. The van der Waals surface area contributed by atoms with Crippen molar-refractivity contribution >= 4 is 21.6 Å². The molecule has 0 aromatic heterocycles. The number of benzene rings is 3. The molecule has 0 aliphatic carbocycles. The monoisotopic (exact) mass is 452 g/mol. The van der Waals surface area contributed by atoms with E-state index in [9.17, 15) is 13.2 Å². The van der Waals surface area contributed by atoms with Crippen LogP contribution in [-0.2, 0) is 14.8 Å². The molecule has 0 fully saturated rings. The van der Waals surface area contributed by atoms with Crippen LogP contribution < -0.4 is 14.4 Å². The average Bonchev–Trinajstić information content (AvgIpc) is 2.79. The Morgan fingerprint density at radius 2 is 1.62 bits per heavy atom. The number of ether oxygens (including phenoxy) is 1. The standard InChI is InChI=1S/C25H28N2O4S/c1-18-14-15-21(16-19(18)2)20(3)26-25(28)17-27(23-12-8-9-13-24(23)31-4)32(29,30)22-10-6-5-7-11-22/h5-16,20H,17H2,1-4H3,(H,26,28). The van der Waals surface area contributed by atoms with Crippen LogP contribution in [0.25, 0.3) is 0 Å². The summed E-state index contributed by atoms with van der Waals surface area (Å²) in [5.41, 5.74) is 3.55. The smallest absolute Gasteiger partial charge is 0.264 e. The number of sulfonamides is 1. The normalized spacial score (nSPS) is 12.1. The number of rotatable bonds is 8. The molecule has 32 heavy (non-hydrogen) atoms. The number of amides is 1. The summed E-state index contributed by atoms with van der Waals surface area (Å²) in [6.07, 6.45) is 0. The molecular weight excluding hydrogens is 424 g/mol. The van der Waals surface area contributed by atoms with Gasteiger partial charge in [0.1, 0.15) is 12.3 Å². The first-order chi connectivity index (χ1) is 15.2. The first-order valence-electron chi connectivity index (χ1n) is 10.3. The van der Waals surface area contributed by atoms with E-state index < -0.39 is 15.9 Å². The maximum absolute atomic E-state index is 13.5. The molecule has 0 radical (unpaired) electrons. The van der Waals surface area contributed by atoms with E-state index in [1.54, 1.807) is 42.5 Å². The molecule has 0 aliphatic rings. The molecule has 1 N–H and O–H groups in total. The van der Waals surface area contributed by atoms with Crippen molar-refractivity contribution in [1.29, 1.82) is 0 Å². The number of hydrogen-bond acceptors (Lipinski definition) is 4. The van der Waals surface area contributed by atoms with E-state index in [-0.39, 0.29) is 17.5 Å². The van der Waals surface area contributed by atoms with Gasteiger partial charge in [0.15, 0.2) is 0 Å². The fourth-order valence-electron chi connectivity index (χ4n) is 3.39. The molecule has 0 spiro atoms. The van der Waals surface area contributed by atoms with Gasteiger partial charge in [0.25, 0.3) is 10.0 Å². The number of anilines is 1. The Morgan fingerprint density at radius 1 is 0.969 bits per heavy atom. The number of methoxy groups -OCH3 is 1. The Hall–Kier alpha value is -3.32. The maximum atomic E-state index is 13.5. The van der Waals surface area contributed by atoms with Gasteiger partial charge in [-0.2, -0.15) is 0 Å². The van der Waals surface area contributed by atoms with Gasteiger partial charge in [-0.05, 0) is 61.7 Å². The van der Waals surface area contributed by atoms with E-state index in [4.69, 9.17) is 4.74 Å². The van der Waals surface area contributed by atoms with Crippen LogP contribution in [-0.4, -0.2) is 28.0 Å². The fraction of sp³-hybridized carbons (Fsp3) is 0.240. The van der Waals surface area contributed by atoms with Gasteiger partial charge in [0.05, 0.1) is 23.7 Å². The summed E-state index contributed by atoms with van der Waals surface area (Å²) in [5, 5.41) is 2.92. The van der Waals surface area contributed by atoms with Crippen molar-refractivity contribution in [1.82, 2.24) is 5.32 Å². The summed E-state index contributed by atoms with van der Waals surface area (Å²) in [6, 6.07) is 20.5. The lowest BCUT2D eigenvalue weighted by Gasteiger charge is -2.26. The zero-order valence-corrected chi connectivity index (χ0v) is 19.5. The summed E-state index contributed by atoms with van der Waals surface area (Å²) in [5.74, 6) is -0.0526. The van der Waals surface area contributed by atoms with Crippen molar-refractivity contribution in [3.05, 3.63) is 89.5 Å². The zero-order valence-electron chi connectivity index (χ0n) is 18.7. The molecule has 0 saturated heterocycles. The van der Waals surface area contributed by atoms with Gasteiger partial charge in [-0.1, -0.05) is 48.5 Å². The highest BCUT2D eigenvalue weighted by Crippen LogP contribution is 2.32. The van der Waals surface area contributed by atoms with Gasteiger partial charge in [0, 0.05) is 0 Å². The first-order valence-corrected chi connectivity index (χ1v) is 11.8. The molecule has 0 aliphatic heterocycles. The minimum atomic E-state index is -4.00. The Morgan fingerprint density at radius 3 is 2.28 bits per heavy atom. The Bertz CT molecular complexity index is 1190. The van der Waals surface area contributed by atoms with Gasteiger partial charge in [-0.25, -0.2) is 8.42 Å². The van der Waals surface area contributed by atoms with Gasteiger partial charge >= 0.3 is 0 Å². The van der Waals surface area contributed by atoms with Crippen molar-refractivity contribution in [3.63, 3.8) is 0 Å². The molecule has 1 unspecified atom stereocenters. The second-order valence-electron chi connectivity index (χ2n) is 7.63. The molecule has 1 amide bonds. The van der Waals surface area contributed by atoms with Crippen molar-refractivity contribution < 1.29 is 17.9 Å². The third-order valence-electron chi connectivity index (χ3n) is 5.38. The molecule has 1 atom stereocenters. The van der Waals surface area contributed by atoms with Crippen molar-refractivity contribution in [2.45, 2.75) is 31.7 Å². The fourth-order valence-corrected chi connectivity index (χ4v) is 4.84. The topological polar surface area (TPSA) is 75.7 Å². The van der Waals surface area contributed by atoms with Crippen molar-refractivity contribution in [2.75, 3.05) is 18.0 Å². The number of nitrogens with one attached hydrogen (secondary N) is 1. The van der Waals surface area contributed by atoms with Crippen molar-refractivity contribution in [3.8, 4) is 5.75 Å². The largest absolute Gasteiger partial charge is 0.495 e. The third-order valence-corrected chi connectivity index (χ3v) is 7.15. The van der Waals surface area contributed by atoms with Crippen molar-refractivity contribution in [2.24, 2.45) is 0 Å². The molecule has 6 nitrogen and oxygen atoms in total. The molecule has 0 heterocycles. The minimum Gasteiger partial charge on any atom is -0.495 e. The highest BCUT2D eigenvalue weighted by Gasteiger charge is 2.29. The molecule has 0 bridgehead atoms. The average molecular weight is 453 g/mol. The van der Waals surface area contributed by atoms with Crippen LogP contribution in [0.4, 0.5) is 5.69 Å². The quantitative estimate of drug-likeness (QED) is 0.550. The van der Waals surface area contributed by atoms with Crippen LogP contribution in [0.2, 0.25) is 0 Å². The number of carbonyl (C=O) groups excluding carboxylic acids is 1. The molecule has 0 saturated carbocycles. The predicted octanol–water partition coefficient (Wildman–Crippen LogP) is 4.38. The van der Waals surface area contributed by atoms with E-state index in [0.29, 0.717) is 11.4 Å². The van der Waals surface area contributed by atoms with E-state index in [2.05, 4.69) is 5.32 Å². The predicted molar refractivity (Wildman–Crippen MR) is 126 cm³/mol. The lowest BCUT2D eigenvalue weighted by Crippen LogP contribution is -2.41. The van der Waals surface area contributed by atoms with Crippen LogP contribution in [0.5, 0.6) is 5.75 Å². The summed E-state index contributed by atoms with van der Waals surface area (Å²) in [6.45, 7) is 5.54. The number of hydrogen-bond donors (Lipinski definition) is 1.